The Labute approximate surface area is 125 Å². The minimum atomic E-state index is -0.293. The summed E-state index contributed by atoms with van der Waals surface area (Å²) in [6, 6.07) is 13.9. The van der Waals surface area contributed by atoms with Crippen molar-refractivity contribution in [1.82, 2.24) is 0 Å². The topological polar surface area (TPSA) is 33.0 Å². The Hall–Kier alpha value is -2.12. The second-order valence-electron chi connectivity index (χ2n) is 4.02. The maximum absolute atomic E-state index is 13.5. The van der Waals surface area contributed by atoms with Gasteiger partial charge < -0.3 is 4.74 Å². The zero-order valence-corrected chi connectivity index (χ0v) is 12.1. The van der Waals surface area contributed by atoms with Crippen LogP contribution in [0.5, 0.6) is 5.75 Å². The van der Waals surface area contributed by atoms with Gasteiger partial charge in [0.1, 0.15) is 18.2 Å². The van der Waals surface area contributed by atoms with Crippen LogP contribution in [0.3, 0.4) is 0 Å². The van der Waals surface area contributed by atoms with Crippen molar-refractivity contribution in [3.05, 3.63) is 70.0 Å². The fourth-order valence-corrected chi connectivity index (χ4v) is 2.06. The lowest BCUT2D eigenvalue weighted by atomic mass is 10.2. The van der Waals surface area contributed by atoms with Gasteiger partial charge in [0.05, 0.1) is 6.07 Å². The summed E-state index contributed by atoms with van der Waals surface area (Å²) in [4.78, 5) is 0. The van der Waals surface area contributed by atoms with Crippen LogP contribution in [0.1, 0.15) is 11.1 Å². The number of benzene rings is 2. The third kappa shape index (κ3) is 3.69. The van der Waals surface area contributed by atoms with Crippen molar-refractivity contribution in [3.8, 4) is 11.8 Å². The maximum Gasteiger partial charge on any atom is 0.129 e. The van der Waals surface area contributed by atoms with Crippen LogP contribution in [-0.4, -0.2) is 0 Å². The van der Waals surface area contributed by atoms with Crippen molar-refractivity contribution >= 4 is 22.0 Å². The zero-order valence-electron chi connectivity index (χ0n) is 10.5. The van der Waals surface area contributed by atoms with E-state index in [1.54, 1.807) is 30.3 Å². The average molecular weight is 332 g/mol. The molecule has 0 aliphatic carbocycles. The Bertz CT molecular complexity index is 676. The normalized spacial score (nSPS) is 10.4. The lowest BCUT2D eigenvalue weighted by molar-refractivity contribution is 0.299. The Kier molecular flexibility index (Phi) is 4.91. The first-order valence-corrected chi connectivity index (χ1v) is 6.72. The summed E-state index contributed by atoms with van der Waals surface area (Å²) in [5, 5.41) is 8.59. The highest BCUT2D eigenvalue weighted by molar-refractivity contribution is 9.10. The third-order valence-corrected chi connectivity index (χ3v) is 3.14. The maximum atomic E-state index is 13.5. The number of halogens is 2. The molecule has 100 valence electrons. The highest BCUT2D eigenvalue weighted by Gasteiger charge is 2.05. The van der Waals surface area contributed by atoms with E-state index in [1.807, 2.05) is 18.2 Å². The predicted octanol–water partition coefficient (Wildman–Crippen LogP) is 4.70. The standard InChI is InChI=1S/C16H11BrFNO/c17-14-7-8-16(12(10-14)5-3-9-19)20-11-13-4-1-2-6-15(13)18/h1-8,10H,11H2/b5-3+. The number of rotatable bonds is 4. The summed E-state index contributed by atoms with van der Waals surface area (Å²) < 4.78 is 20.0. The first kappa shape index (κ1) is 14.3. The van der Waals surface area contributed by atoms with Crippen molar-refractivity contribution in [2.24, 2.45) is 0 Å². The number of hydrogen-bond donors (Lipinski definition) is 0. The molecule has 2 nitrogen and oxygen atoms in total. The molecule has 0 saturated carbocycles. The van der Waals surface area contributed by atoms with Gasteiger partial charge in [-0.3, -0.25) is 0 Å². The largest absolute Gasteiger partial charge is 0.488 e. The van der Waals surface area contributed by atoms with Gasteiger partial charge in [-0.15, -0.1) is 0 Å². The van der Waals surface area contributed by atoms with Crippen molar-refractivity contribution < 1.29 is 9.13 Å². The van der Waals surface area contributed by atoms with E-state index >= 15 is 0 Å². The van der Waals surface area contributed by atoms with Crippen LogP contribution in [0.25, 0.3) is 6.08 Å². The summed E-state index contributed by atoms with van der Waals surface area (Å²) in [6.07, 6.45) is 3.03. The van der Waals surface area contributed by atoms with E-state index in [-0.39, 0.29) is 12.4 Å². The zero-order chi connectivity index (χ0) is 14.4. The quantitative estimate of drug-likeness (QED) is 0.760. The number of allylic oxidation sites excluding steroid dienone is 1. The molecule has 0 aliphatic rings. The van der Waals surface area contributed by atoms with Crippen LogP contribution in [0.2, 0.25) is 0 Å². The molecule has 2 rings (SSSR count). The first-order chi connectivity index (χ1) is 9.70. The number of ether oxygens (including phenoxy) is 1. The molecule has 2 aromatic carbocycles. The molecule has 0 aromatic heterocycles. The Morgan fingerprint density at radius 1 is 1.25 bits per heavy atom. The highest BCUT2D eigenvalue weighted by Crippen LogP contribution is 2.25. The summed E-state index contributed by atoms with van der Waals surface area (Å²) in [7, 11) is 0. The van der Waals surface area contributed by atoms with Crippen LogP contribution < -0.4 is 4.74 Å². The molecule has 20 heavy (non-hydrogen) atoms. The van der Waals surface area contributed by atoms with Gasteiger partial charge in [0.2, 0.25) is 0 Å². The SMILES string of the molecule is N#C/C=C/c1cc(Br)ccc1OCc1ccccc1F. The molecule has 0 radical (unpaired) electrons. The van der Waals surface area contributed by atoms with Gasteiger partial charge in [0.15, 0.2) is 0 Å². The fourth-order valence-electron chi connectivity index (χ4n) is 1.68. The number of nitriles is 1. The van der Waals surface area contributed by atoms with Gasteiger partial charge >= 0.3 is 0 Å². The highest BCUT2D eigenvalue weighted by atomic mass is 79.9. The van der Waals surface area contributed by atoms with Crippen molar-refractivity contribution in [2.45, 2.75) is 6.61 Å². The van der Waals surface area contributed by atoms with Crippen molar-refractivity contribution in [2.75, 3.05) is 0 Å². The molecular weight excluding hydrogens is 321 g/mol. The molecule has 0 spiro atoms. The lowest BCUT2D eigenvalue weighted by Gasteiger charge is -2.10. The molecule has 0 heterocycles. The second-order valence-corrected chi connectivity index (χ2v) is 4.94. The summed E-state index contributed by atoms with van der Waals surface area (Å²) >= 11 is 3.36. The molecule has 4 heteroatoms. The summed E-state index contributed by atoms with van der Waals surface area (Å²) in [5.41, 5.74) is 1.25. The van der Waals surface area contributed by atoms with E-state index in [0.717, 1.165) is 10.0 Å². The van der Waals surface area contributed by atoms with Crippen LogP contribution in [0, 0.1) is 17.1 Å². The van der Waals surface area contributed by atoms with Crippen molar-refractivity contribution in [1.29, 1.82) is 5.26 Å². The summed E-state index contributed by atoms with van der Waals surface area (Å²) in [5.74, 6) is 0.307. The predicted molar refractivity (Wildman–Crippen MR) is 79.5 cm³/mol. The molecule has 0 atom stereocenters. The van der Waals surface area contributed by atoms with E-state index in [4.69, 9.17) is 10.00 Å². The molecule has 0 saturated heterocycles. The molecular formula is C16H11BrFNO. The second kappa shape index (κ2) is 6.88. The Balaban J connectivity index is 2.19. The third-order valence-electron chi connectivity index (χ3n) is 2.65. The summed E-state index contributed by atoms with van der Waals surface area (Å²) in [6.45, 7) is 0.141. The molecule has 0 bridgehead atoms. The minimum absolute atomic E-state index is 0.141. The van der Waals surface area contributed by atoms with Crippen LogP contribution in [0.15, 0.2) is 53.0 Å². The van der Waals surface area contributed by atoms with Gasteiger partial charge in [0, 0.05) is 21.7 Å². The number of hydrogen-bond acceptors (Lipinski definition) is 2. The first-order valence-electron chi connectivity index (χ1n) is 5.92. The van der Waals surface area contributed by atoms with Gasteiger partial charge in [-0.05, 0) is 30.3 Å². The molecule has 0 fully saturated rings. The van der Waals surface area contributed by atoms with Crippen LogP contribution in [0.4, 0.5) is 4.39 Å². The molecule has 0 amide bonds. The van der Waals surface area contributed by atoms with E-state index in [9.17, 15) is 4.39 Å². The average Bonchev–Trinajstić information content (AvgIpc) is 2.45. The molecule has 0 unspecified atom stereocenters. The van der Waals surface area contributed by atoms with Gasteiger partial charge in [-0.25, -0.2) is 4.39 Å². The van der Waals surface area contributed by atoms with Gasteiger partial charge in [0.25, 0.3) is 0 Å². The smallest absolute Gasteiger partial charge is 0.129 e. The molecule has 0 N–H and O–H groups in total. The van der Waals surface area contributed by atoms with E-state index < -0.39 is 0 Å². The van der Waals surface area contributed by atoms with E-state index in [2.05, 4.69) is 15.9 Å². The molecule has 2 aromatic rings. The number of nitrogens with zero attached hydrogens (tertiary/aromatic N) is 1. The van der Waals surface area contributed by atoms with E-state index in [1.165, 1.54) is 12.1 Å². The van der Waals surface area contributed by atoms with Crippen LogP contribution in [-0.2, 0) is 6.61 Å². The Morgan fingerprint density at radius 2 is 2.05 bits per heavy atom. The molecule has 0 aliphatic heterocycles. The van der Waals surface area contributed by atoms with Crippen LogP contribution >= 0.6 is 15.9 Å². The minimum Gasteiger partial charge on any atom is -0.488 e. The fraction of sp³-hybridized carbons (Fsp3) is 0.0625. The van der Waals surface area contributed by atoms with Gasteiger partial charge in [-0.2, -0.15) is 5.26 Å². The monoisotopic (exact) mass is 331 g/mol. The van der Waals surface area contributed by atoms with Crippen molar-refractivity contribution in [3.63, 3.8) is 0 Å². The van der Waals surface area contributed by atoms with E-state index in [0.29, 0.717) is 11.3 Å². The van der Waals surface area contributed by atoms with Gasteiger partial charge in [-0.1, -0.05) is 34.1 Å². The lowest BCUT2D eigenvalue weighted by Crippen LogP contribution is -1.99. The Morgan fingerprint density at radius 3 is 2.80 bits per heavy atom.